The summed E-state index contributed by atoms with van der Waals surface area (Å²) in [7, 11) is -2.66. The molecule has 0 amide bonds. The first-order chi connectivity index (χ1) is 16.1. The van der Waals surface area contributed by atoms with Gasteiger partial charge in [-0.3, -0.25) is 14.2 Å². The lowest BCUT2D eigenvalue weighted by Crippen LogP contribution is -2.24. The Kier molecular flexibility index (Phi) is 6.24. The number of rotatable bonds is 6. The van der Waals surface area contributed by atoms with Crippen molar-refractivity contribution in [2.75, 3.05) is 11.3 Å². The Morgan fingerprint density at radius 2 is 1.88 bits per heavy atom. The Balaban J connectivity index is 1.66. The quantitative estimate of drug-likeness (QED) is 0.510. The number of esters is 2. The lowest BCUT2D eigenvalue weighted by molar-refractivity contribution is -0.145. The monoisotopic (exact) mass is 505 g/mol. The molecule has 0 radical (unpaired) electrons. The van der Waals surface area contributed by atoms with E-state index < -0.39 is 33.6 Å². The van der Waals surface area contributed by atoms with Gasteiger partial charge in [0.2, 0.25) is 6.10 Å². The lowest BCUT2D eigenvalue weighted by atomic mass is 10.2. The number of para-hydroxylation sites is 1. The van der Waals surface area contributed by atoms with Gasteiger partial charge in [-0.25, -0.2) is 22.7 Å². The van der Waals surface area contributed by atoms with Crippen LogP contribution in [-0.4, -0.2) is 42.4 Å². The van der Waals surface area contributed by atoms with E-state index >= 15 is 0 Å². The first kappa shape index (κ1) is 23.6. The Bertz CT molecular complexity index is 1450. The minimum absolute atomic E-state index is 0.0577. The summed E-state index contributed by atoms with van der Waals surface area (Å²) in [4.78, 5) is 36.8. The molecular weight excluding hydrogens is 486 g/mol. The Hall–Kier alpha value is -3.57. The van der Waals surface area contributed by atoms with E-state index in [4.69, 9.17) is 21.1 Å². The van der Waals surface area contributed by atoms with E-state index in [1.165, 1.54) is 21.5 Å². The molecule has 0 aliphatic carbocycles. The molecule has 1 fully saturated rings. The number of nitrogens with one attached hydrogen (secondary N) is 1. The second-order valence-electron chi connectivity index (χ2n) is 7.53. The number of nitrogens with zero attached hydrogens (tertiary/aromatic N) is 2. The van der Waals surface area contributed by atoms with Crippen LogP contribution in [0.4, 0.5) is 5.69 Å². The molecule has 1 N–H and O–H groups in total. The molecule has 3 aromatic rings. The van der Waals surface area contributed by atoms with E-state index in [0.717, 1.165) is 6.07 Å². The fourth-order valence-electron chi connectivity index (χ4n) is 3.48. The maximum atomic E-state index is 13.1. The first-order valence-electron chi connectivity index (χ1n) is 10.1. The molecule has 0 bridgehead atoms. The molecule has 1 saturated heterocycles. The van der Waals surface area contributed by atoms with Gasteiger partial charge < -0.3 is 9.47 Å². The molecular formula is C22H20ClN3O7S. The summed E-state index contributed by atoms with van der Waals surface area (Å²) in [6, 6.07) is 12.2. The van der Waals surface area contributed by atoms with Crippen molar-refractivity contribution < 1.29 is 27.5 Å². The highest BCUT2D eigenvalue weighted by molar-refractivity contribution is 7.92. The summed E-state index contributed by atoms with van der Waals surface area (Å²) in [6.45, 7) is 1.73. The highest BCUT2D eigenvalue weighted by atomic mass is 35.5. The zero-order chi connectivity index (χ0) is 24.6. The highest BCUT2D eigenvalue weighted by Crippen LogP contribution is 2.25. The predicted octanol–water partition coefficient (Wildman–Crippen LogP) is 2.41. The summed E-state index contributed by atoms with van der Waals surface area (Å²) < 4.78 is 41.3. The van der Waals surface area contributed by atoms with Gasteiger partial charge in [-0.2, -0.15) is 0 Å². The number of cyclic esters (lactones) is 1. The molecule has 1 aromatic heterocycles. The zero-order valence-electron chi connectivity index (χ0n) is 18.1. The van der Waals surface area contributed by atoms with E-state index in [-0.39, 0.29) is 34.2 Å². The highest BCUT2D eigenvalue weighted by Gasteiger charge is 2.32. The van der Waals surface area contributed by atoms with Crippen LogP contribution in [0, 0.1) is 6.92 Å². The summed E-state index contributed by atoms with van der Waals surface area (Å²) in [5.41, 5.74) is -0.00532. The molecule has 2 aromatic carbocycles. The predicted molar refractivity (Wildman–Crippen MR) is 123 cm³/mol. The number of carbonyl (C=O) groups excluding carboxylic acids is 2. The smallest absolute Gasteiger partial charge is 0.347 e. The SMILES string of the molecule is Cc1c(NS(=O)(=O)c2ccc(Cl)c(C(=O)O[C@@H]3CCOC3=O)c2)c(=O)n(-c2ccccc2)n1C. The van der Waals surface area contributed by atoms with Crippen LogP contribution in [0.3, 0.4) is 0 Å². The second-order valence-corrected chi connectivity index (χ2v) is 9.62. The molecule has 1 aliphatic heterocycles. The number of anilines is 1. The second kappa shape index (κ2) is 8.99. The fourth-order valence-corrected chi connectivity index (χ4v) is 4.82. The van der Waals surface area contributed by atoms with Crippen molar-refractivity contribution >= 4 is 39.3 Å². The standard InChI is InChI=1S/C22H20ClN3O7S/c1-13-19(20(27)26(25(13)2)14-6-4-3-5-7-14)24-34(30,31)15-8-9-17(23)16(12-15)21(28)33-18-10-11-32-22(18)29/h3-9,12,18,24H,10-11H2,1-2H3/t18-/m1/s1. The van der Waals surface area contributed by atoms with Gasteiger partial charge in [0.15, 0.2) is 0 Å². The number of benzene rings is 2. The number of aromatic nitrogens is 2. The van der Waals surface area contributed by atoms with Gasteiger partial charge in [0.05, 0.1) is 33.5 Å². The Morgan fingerprint density at radius 3 is 2.53 bits per heavy atom. The van der Waals surface area contributed by atoms with Crippen molar-refractivity contribution in [1.29, 1.82) is 0 Å². The van der Waals surface area contributed by atoms with Crippen LogP contribution in [0.25, 0.3) is 5.69 Å². The van der Waals surface area contributed by atoms with Crippen LogP contribution in [0.5, 0.6) is 0 Å². The van der Waals surface area contributed by atoms with E-state index in [1.807, 2.05) is 0 Å². The van der Waals surface area contributed by atoms with E-state index in [1.54, 1.807) is 44.3 Å². The first-order valence-corrected chi connectivity index (χ1v) is 12.0. The molecule has 10 nitrogen and oxygen atoms in total. The average molecular weight is 506 g/mol. The van der Waals surface area contributed by atoms with Crippen molar-refractivity contribution in [1.82, 2.24) is 9.36 Å². The van der Waals surface area contributed by atoms with Gasteiger partial charge in [0, 0.05) is 13.5 Å². The molecule has 0 spiro atoms. The normalized spacial score (nSPS) is 15.7. The molecule has 0 unspecified atom stereocenters. The third-order valence-corrected chi connectivity index (χ3v) is 7.07. The van der Waals surface area contributed by atoms with Crippen LogP contribution < -0.4 is 10.3 Å². The summed E-state index contributed by atoms with van der Waals surface area (Å²) in [5, 5.41) is -0.0577. The molecule has 12 heteroatoms. The van der Waals surface area contributed by atoms with Crippen LogP contribution in [0.15, 0.2) is 58.2 Å². The van der Waals surface area contributed by atoms with Crippen molar-refractivity contribution in [3.05, 3.63) is 75.2 Å². The molecule has 4 rings (SSSR count). The maximum absolute atomic E-state index is 13.1. The van der Waals surface area contributed by atoms with Gasteiger partial charge in [0.1, 0.15) is 5.69 Å². The van der Waals surface area contributed by atoms with Crippen molar-refractivity contribution in [2.24, 2.45) is 7.05 Å². The molecule has 2 heterocycles. The van der Waals surface area contributed by atoms with Crippen molar-refractivity contribution in [3.63, 3.8) is 0 Å². The molecule has 1 atom stereocenters. The largest absolute Gasteiger partial charge is 0.463 e. The fraction of sp³-hybridized carbons (Fsp3) is 0.227. The Labute approximate surface area is 199 Å². The van der Waals surface area contributed by atoms with E-state index in [2.05, 4.69) is 4.72 Å². The van der Waals surface area contributed by atoms with Crippen LogP contribution in [0.2, 0.25) is 5.02 Å². The molecule has 1 aliphatic rings. The van der Waals surface area contributed by atoms with E-state index in [0.29, 0.717) is 11.4 Å². The molecule has 34 heavy (non-hydrogen) atoms. The van der Waals surface area contributed by atoms with Crippen LogP contribution in [0.1, 0.15) is 22.5 Å². The number of sulfonamides is 1. The summed E-state index contributed by atoms with van der Waals surface area (Å²) in [5.74, 6) is -1.64. The average Bonchev–Trinajstić information content (AvgIpc) is 3.30. The van der Waals surface area contributed by atoms with Crippen LogP contribution in [-0.2, 0) is 31.3 Å². The number of halogens is 1. The molecule has 0 saturated carbocycles. The third-order valence-electron chi connectivity index (χ3n) is 5.40. The number of hydrogen-bond donors (Lipinski definition) is 1. The minimum Gasteiger partial charge on any atom is -0.463 e. The van der Waals surface area contributed by atoms with E-state index in [9.17, 15) is 22.8 Å². The zero-order valence-corrected chi connectivity index (χ0v) is 19.7. The van der Waals surface area contributed by atoms with Gasteiger partial charge >= 0.3 is 11.9 Å². The van der Waals surface area contributed by atoms with Gasteiger partial charge in [-0.15, -0.1) is 0 Å². The third kappa shape index (κ3) is 4.31. The summed E-state index contributed by atoms with van der Waals surface area (Å²) >= 11 is 6.08. The maximum Gasteiger partial charge on any atom is 0.347 e. The van der Waals surface area contributed by atoms with Gasteiger partial charge in [0.25, 0.3) is 15.6 Å². The molecule has 178 valence electrons. The number of ether oxygens (including phenoxy) is 2. The topological polar surface area (TPSA) is 126 Å². The summed E-state index contributed by atoms with van der Waals surface area (Å²) in [6.07, 6.45) is -0.881. The van der Waals surface area contributed by atoms with Gasteiger partial charge in [-0.05, 0) is 37.3 Å². The number of hydrogen-bond acceptors (Lipinski definition) is 7. The number of carbonyl (C=O) groups is 2. The van der Waals surface area contributed by atoms with Crippen LogP contribution >= 0.6 is 11.6 Å². The minimum atomic E-state index is -4.29. The van der Waals surface area contributed by atoms with Crippen molar-refractivity contribution in [2.45, 2.75) is 24.3 Å². The lowest BCUT2D eigenvalue weighted by Gasteiger charge is -2.12. The Morgan fingerprint density at radius 1 is 1.18 bits per heavy atom. The van der Waals surface area contributed by atoms with Crippen molar-refractivity contribution in [3.8, 4) is 5.69 Å². The van der Waals surface area contributed by atoms with Gasteiger partial charge in [-0.1, -0.05) is 29.8 Å².